The molecule has 0 amide bonds. The lowest BCUT2D eigenvalue weighted by molar-refractivity contribution is 0.276. The van der Waals surface area contributed by atoms with E-state index in [4.69, 9.17) is 4.74 Å². The molecule has 0 heterocycles. The summed E-state index contributed by atoms with van der Waals surface area (Å²) in [4.78, 5) is 3.74. The van der Waals surface area contributed by atoms with Gasteiger partial charge in [0, 0.05) is 7.05 Å². The summed E-state index contributed by atoms with van der Waals surface area (Å²) in [7, 11) is 3.43. The fourth-order valence-corrected chi connectivity index (χ4v) is 0.902. The van der Waals surface area contributed by atoms with Crippen LogP contribution in [0.1, 0.15) is 13.8 Å². The molecule has 0 aliphatic carbocycles. The SMILES string of the molecule is C=N/C(OC)=C(\NC)C(C)C. The molecule has 0 aromatic heterocycles. The third kappa shape index (κ3) is 2.62. The first-order valence-corrected chi connectivity index (χ1v) is 3.60. The van der Waals surface area contributed by atoms with E-state index in [1.54, 1.807) is 7.11 Å². The van der Waals surface area contributed by atoms with Crippen molar-refractivity contribution in [2.45, 2.75) is 13.8 Å². The Morgan fingerprint density at radius 2 is 2.09 bits per heavy atom. The smallest absolute Gasteiger partial charge is 0.232 e. The molecular formula is C8H16N2O. The maximum Gasteiger partial charge on any atom is 0.232 e. The van der Waals surface area contributed by atoms with Gasteiger partial charge in [-0.15, -0.1) is 0 Å². The highest BCUT2D eigenvalue weighted by Crippen LogP contribution is 2.12. The molecule has 0 aliphatic rings. The largest absolute Gasteiger partial charge is 0.480 e. The van der Waals surface area contributed by atoms with Crippen LogP contribution in [0.15, 0.2) is 16.6 Å². The summed E-state index contributed by atoms with van der Waals surface area (Å²) in [6.07, 6.45) is 0. The molecule has 3 nitrogen and oxygen atoms in total. The van der Waals surface area contributed by atoms with Crippen LogP contribution in [-0.4, -0.2) is 20.9 Å². The Morgan fingerprint density at radius 1 is 1.55 bits per heavy atom. The molecule has 3 heteroatoms. The van der Waals surface area contributed by atoms with Gasteiger partial charge in [-0.2, -0.15) is 0 Å². The van der Waals surface area contributed by atoms with Gasteiger partial charge in [-0.3, -0.25) is 0 Å². The quantitative estimate of drug-likeness (QED) is 0.493. The molecule has 0 radical (unpaired) electrons. The third-order valence-corrected chi connectivity index (χ3v) is 1.41. The minimum absolute atomic E-state index is 0.375. The van der Waals surface area contributed by atoms with Gasteiger partial charge in [0.25, 0.3) is 0 Å². The average Bonchev–Trinajstić information content (AvgIpc) is 1.99. The van der Waals surface area contributed by atoms with Crippen LogP contribution in [0.2, 0.25) is 0 Å². The van der Waals surface area contributed by atoms with Gasteiger partial charge >= 0.3 is 0 Å². The van der Waals surface area contributed by atoms with Crippen molar-refractivity contribution in [1.82, 2.24) is 5.32 Å². The molecule has 0 fully saturated rings. The third-order valence-electron chi connectivity index (χ3n) is 1.41. The first-order chi connectivity index (χ1) is 5.17. The minimum atomic E-state index is 0.375. The minimum Gasteiger partial charge on any atom is -0.480 e. The van der Waals surface area contributed by atoms with Gasteiger partial charge in [-0.25, -0.2) is 4.99 Å². The molecular weight excluding hydrogens is 140 g/mol. The predicted octanol–water partition coefficient (Wildman–Crippen LogP) is 1.38. The molecule has 0 saturated heterocycles. The van der Waals surface area contributed by atoms with Gasteiger partial charge in [0.05, 0.1) is 12.8 Å². The van der Waals surface area contributed by atoms with Crippen molar-refractivity contribution in [2.24, 2.45) is 10.9 Å². The van der Waals surface area contributed by atoms with Crippen LogP contribution in [0, 0.1) is 5.92 Å². The summed E-state index contributed by atoms with van der Waals surface area (Å²) < 4.78 is 5.00. The Morgan fingerprint density at radius 3 is 2.18 bits per heavy atom. The predicted molar refractivity (Wildman–Crippen MR) is 47.5 cm³/mol. The zero-order chi connectivity index (χ0) is 8.85. The molecule has 11 heavy (non-hydrogen) atoms. The van der Waals surface area contributed by atoms with E-state index in [9.17, 15) is 0 Å². The lowest BCUT2D eigenvalue weighted by atomic mass is 10.1. The molecule has 0 spiro atoms. The first kappa shape index (κ1) is 10.0. The number of hydrogen-bond donors (Lipinski definition) is 1. The van der Waals surface area contributed by atoms with Crippen molar-refractivity contribution in [1.29, 1.82) is 0 Å². The molecule has 0 aromatic rings. The summed E-state index contributed by atoms with van der Waals surface area (Å²) in [5.74, 6) is 0.947. The van der Waals surface area contributed by atoms with E-state index >= 15 is 0 Å². The lowest BCUT2D eigenvalue weighted by Gasteiger charge is -2.12. The van der Waals surface area contributed by atoms with E-state index in [1.165, 1.54) is 0 Å². The van der Waals surface area contributed by atoms with E-state index < -0.39 is 0 Å². The molecule has 0 rings (SSSR count). The standard InChI is InChI=1S/C8H16N2O/c1-6(2)7(9-3)8(10-4)11-5/h6,9H,4H2,1-3,5H3/b8-7+. The van der Waals surface area contributed by atoms with Gasteiger partial charge in [0.2, 0.25) is 5.88 Å². The molecule has 1 N–H and O–H groups in total. The van der Waals surface area contributed by atoms with Crippen molar-refractivity contribution in [2.75, 3.05) is 14.2 Å². The van der Waals surface area contributed by atoms with E-state index in [-0.39, 0.29) is 0 Å². The van der Waals surface area contributed by atoms with Gasteiger partial charge in [0.1, 0.15) is 0 Å². The van der Waals surface area contributed by atoms with Crippen molar-refractivity contribution in [3.05, 3.63) is 11.6 Å². The Hall–Kier alpha value is -0.990. The highest BCUT2D eigenvalue weighted by atomic mass is 16.5. The normalized spacial score (nSPS) is 12.5. The number of methoxy groups -OCH3 is 1. The molecule has 0 aromatic carbocycles. The van der Waals surface area contributed by atoms with Crippen LogP contribution in [0.25, 0.3) is 0 Å². The average molecular weight is 156 g/mol. The monoisotopic (exact) mass is 156 g/mol. The van der Waals surface area contributed by atoms with Gasteiger partial charge in [-0.1, -0.05) is 13.8 Å². The molecule has 0 unspecified atom stereocenters. The van der Waals surface area contributed by atoms with Gasteiger partial charge in [0.15, 0.2) is 0 Å². The van der Waals surface area contributed by atoms with E-state index in [0.717, 1.165) is 5.70 Å². The fraction of sp³-hybridized carbons (Fsp3) is 0.625. The number of ether oxygens (including phenoxy) is 1. The summed E-state index contributed by atoms with van der Waals surface area (Å²) >= 11 is 0. The Kier molecular flexibility index (Phi) is 4.34. The Bertz CT molecular complexity index is 161. The second-order valence-corrected chi connectivity index (χ2v) is 2.49. The molecule has 0 saturated carbocycles. The Balaban J connectivity index is 4.62. The summed E-state index contributed by atoms with van der Waals surface area (Å²) in [6, 6.07) is 0. The number of rotatable bonds is 4. The highest BCUT2D eigenvalue weighted by molar-refractivity contribution is 5.28. The number of aliphatic imine (C=N–C) groups is 1. The fourth-order valence-electron chi connectivity index (χ4n) is 0.902. The van der Waals surface area contributed by atoms with Crippen LogP contribution >= 0.6 is 0 Å². The first-order valence-electron chi connectivity index (χ1n) is 3.60. The molecule has 0 aliphatic heterocycles. The van der Waals surface area contributed by atoms with Crippen LogP contribution < -0.4 is 5.32 Å². The maximum absolute atomic E-state index is 5.00. The summed E-state index contributed by atoms with van der Waals surface area (Å²) in [5.41, 5.74) is 0.975. The van der Waals surface area contributed by atoms with Crippen LogP contribution in [0.3, 0.4) is 0 Å². The van der Waals surface area contributed by atoms with E-state index in [2.05, 4.69) is 30.9 Å². The van der Waals surface area contributed by atoms with Crippen molar-refractivity contribution >= 4 is 6.72 Å². The van der Waals surface area contributed by atoms with Crippen LogP contribution in [0.4, 0.5) is 0 Å². The van der Waals surface area contributed by atoms with Crippen molar-refractivity contribution in [3.8, 4) is 0 Å². The number of nitrogens with one attached hydrogen (secondary N) is 1. The van der Waals surface area contributed by atoms with Gasteiger partial charge < -0.3 is 10.1 Å². The van der Waals surface area contributed by atoms with E-state index in [0.29, 0.717) is 11.8 Å². The maximum atomic E-state index is 5.00. The number of hydrogen-bond acceptors (Lipinski definition) is 3. The molecule has 0 atom stereocenters. The zero-order valence-electron chi connectivity index (χ0n) is 7.64. The van der Waals surface area contributed by atoms with E-state index in [1.807, 2.05) is 7.05 Å². The molecule has 64 valence electrons. The highest BCUT2D eigenvalue weighted by Gasteiger charge is 2.07. The summed E-state index contributed by atoms with van der Waals surface area (Å²) in [6.45, 7) is 7.54. The number of allylic oxidation sites excluding steroid dienone is 1. The zero-order valence-corrected chi connectivity index (χ0v) is 7.64. The van der Waals surface area contributed by atoms with Gasteiger partial charge in [-0.05, 0) is 12.6 Å². The summed E-state index contributed by atoms with van der Waals surface area (Å²) in [5, 5.41) is 3.02. The Labute approximate surface area is 68.2 Å². The topological polar surface area (TPSA) is 33.6 Å². The van der Waals surface area contributed by atoms with Crippen molar-refractivity contribution < 1.29 is 4.74 Å². The van der Waals surface area contributed by atoms with Crippen LogP contribution in [0.5, 0.6) is 0 Å². The van der Waals surface area contributed by atoms with Crippen molar-refractivity contribution in [3.63, 3.8) is 0 Å². The van der Waals surface area contributed by atoms with Crippen LogP contribution in [-0.2, 0) is 4.74 Å². The number of nitrogens with zero attached hydrogens (tertiary/aromatic N) is 1. The second kappa shape index (κ2) is 4.77. The molecule has 0 bridgehead atoms. The second-order valence-electron chi connectivity index (χ2n) is 2.49. The lowest BCUT2D eigenvalue weighted by Crippen LogP contribution is -2.14.